The Morgan fingerprint density at radius 3 is 2.32 bits per heavy atom. The summed E-state index contributed by atoms with van der Waals surface area (Å²) < 4.78 is 9.77. The molecule has 0 saturated carbocycles. The molecule has 0 spiro atoms. The highest BCUT2D eigenvalue weighted by molar-refractivity contribution is 6.11. The van der Waals surface area contributed by atoms with Gasteiger partial charge in [0.2, 0.25) is 5.43 Å². The summed E-state index contributed by atoms with van der Waals surface area (Å²) in [5.41, 5.74) is 0.501. The molecule has 3 rings (SSSR count). The minimum atomic E-state index is -0.560. The molecule has 1 N–H and O–H groups in total. The number of hydrogen-bond donors (Lipinski definition) is 1. The quantitative estimate of drug-likeness (QED) is 0.584. The number of rotatable bonds is 4. The van der Waals surface area contributed by atoms with Gasteiger partial charge in [-0.2, -0.15) is 0 Å². The number of para-hydroxylation sites is 1. The molecule has 0 fully saturated rings. The summed E-state index contributed by atoms with van der Waals surface area (Å²) >= 11 is 0. The third-order valence-electron chi connectivity index (χ3n) is 3.92. The maximum Gasteiger partial charge on any atom is 0.339 e. The molecule has 126 valence electrons. The Labute approximate surface area is 143 Å². The molecule has 0 atom stereocenters. The molecule has 0 unspecified atom stereocenters. The highest BCUT2D eigenvalue weighted by atomic mass is 16.5. The van der Waals surface area contributed by atoms with Gasteiger partial charge in [-0.15, -0.1) is 0 Å². The zero-order chi connectivity index (χ0) is 18.0. The fraction of sp³-hybridized carbons (Fsp3) is 0.105. The predicted octanol–water partition coefficient (Wildman–Crippen LogP) is 2.55. The van der Waals surface area contributed by atoms with Gasteiger partial charge in [-0.1, -0.05) is 6.07 Å². The number of fused-ring (bicyclic) bond motifs is 1. The Bertz CT molecular complexity index is 1020. The van der Waals surface area contributed by atoms with E-state index >= 15 is 0 Å². The van der Waals surface area contributed by atoms with Crippen LogP contribution in [0, 0.1) is 0 Å². The van der Waals surface area contributed by atoms with Crippen molar-refractivity contribution in [1.29, 1.82) is 0 Å². The minimum Gasteiger partial charge on any atom is -0.497 e. The summed E-state index contributed by atoms with van der Waals surface area (Å²) in [6.07, 6.45) is 1.32. The standard InChI is InChI=1S/C19H15NO5/c1-24-12-8-6-11(7-9-12)17(21)15-10-20-16-13(18(15)22)4-3-5-14(16)19(23)25-2/h3-10H,1-2H3,(H,20,22). The van der Waals surface area contributed by atoms with Gasteiger partial charge in [-0.3, -0.25) is 9.59 Å². The van der Waals surface area contributed by atoms with Crippen LogP contribution in [0.5, 0.6) is 5.75 Å². The summed E-state index contributed by atoms with van der Waals surface area (Å²) in [4.78, 5) is 40.0. The zero-order valence-corrected chi connectivity index (χ0v) is 13.7. The van der Waals surface area contributed by atoms with Crippen molar-refractivity contribution in [1.82, 2.24) is 4.98 Å². The Morgan fingerprint density at radius 2 is 1.68 bits per heavy atom. The molecule has 25 heavy (non-hydrogen) atoms. The van der Waals surface area contributed by atoms with Crippen LogP contribution >= 0.6 is 0 Å². The number of H-pyrrole nitrogens is 1. The van der Waals surface area contributed by atoms with Gasteiger partial charge in [0.05, 0.1) is 30.9 Å². The Kier molecular flexibility index (Phi) is 4.35. The number of benzene rings is 2. The molecule has 6 heteroatoms. The average molecular weight is 337 g/mol. The van der Waals surface area contributed by atoms with E-state index in [2.05, 4.69) is 4.98 Å². The van der Waals surface area contributed by atoms with E-state index in [1.54, 1.807) is 42.5 Å². The molecular formula is C19H15NO5. The number of carbonyl (C=O) groups is 2. The van der Waals surface area contributed by atoms with E-state index < -0.39 is 17.2 Å². The number of ketones is 1. The summed E-state index contributed by atoms with van der Waals surface area (Å²) in [7, 11) is 2.80. The second kappa shape index (κ2) is 6.60. The van der Waals surface area contributed by atoms with Gasteiger partial charge < -0.3 is 14.5 Å². The van der Waals surface area contributed by atoms with Gasteiger partial charge >= 0.3 is 5.97 Å². The summed E-state index contributed by atoms with van der Waals surface area (Å²) in [5.74, 6) is -0.351. The van der Waals surface area contributed by atoms with E-state index in [9.17, 15) is 14.4 Å². The van der Waals surface area contributed by atoms with Crippen molar-refractivity contribution in [3.05, 3.63) is 75.6 Å². The van der Waals surface area contributed by atoms with E-state index in [0.717, 1.165) is 0 Å². The van der Waals surface area contributed by atoms with Gasteiger partial charge in [-0.05, 0) is 36.4 Å². The molecule has 0 aliphatic heterocycles. The molecular weight excluding hydrogens is 322 g/mol. The van der Waals surface area contributed by atoms with Crippen LogP contribution in [0.3, 0.4) is 0 Å². The molecule has 0 aliphatic rings. The molecule has 0 amide bonds. The molecule has 0 aliphatic carbocycles. The lowest BCUT2D eigenvalue weighted by atomic mass is 10.0. The van der Waals surface area contributed by atoms with E-state index in [0.29, 0.717) is 16.8 Å². The molecule has 0 bridgehead atoms. The molecule has 2 aromatic carbocycles. The molecule has 1 heterocycles. The molecule has 1 aromatic heterocycles. The number of carbonyl (C=O) groups excluding carboxylic acids is 2. The number of aromatic amines is 1. The van der Waals surface area contributed by atoms with Crippen molar-refractivity contribution >= 4 is 22.7 Å². The van der Waals surface area contributed by atoms with E-state index in [-0.39, 0.29) is 16.5 Å². The fourth-order valence-corrected chi connectivity index (χ4v) is 2.60. The smallest absolute Gasteiger partial charge is 0.339 e. The van der Waals surface area contributed by atoms with Crippen molar-refractivity contribution < 1.29 is 19.1 Å². The van der Waals surface area contributed by atoms with Crippen molar-refractivity contribution in [2.75, 3.05) is 14.2 Å². The first-order chi connectivity index (χ1) is 12.1. The van der Waals surface area contributed by atoms with Gasteiger partial charge in [0.1, 0.15) is 5.75 Å². The lowest BCUT2D eigenvalue weighted by molar-refractivity contribution is 0.0602. The summed E-state index contributed by atoms with van der Waals surface area (Å²) in [6, 6.07) is 11.2. The Morgan fingerprint density at radius 1 is 0.960 bits per heavy atom. The molecule has 0 radical (unpaired) electrons. The second-order valence-electron chi connectivity index (χ2n) is 5.31. The first-order valence-corrected chi connectivity index (χ1v) is 7.48. The predicted molar refractivity (Wildman–Crippen MR) is 92.3 cm³/mol. The highest BCUT2D eigenvalue weighted by Crippen LogP contribution is 2.17. The van der Waals surface area contributed by atoms with Gasteiger partial charge in [-0.25, -0.2) is 4.79 Å². The van der Waals surface area contributed by atoms with Crippen LogP contribution in [0.15, 0.2) is 53.5 Å². The van der Waals surface area contributed by atoms with E-state index in [1.807, 2.05) is 0 Å². The fourth-order valence-electron chi connectivity index (χ4n) is 2.60. The summed E-state index contributed by atoms with van der Waals surface area (Å²) in [6.45, 7) is 0. The van der Waals surface area contributed by atoms with Gasteiger partial charge in [0.15, 0.2) is 5.78 Å². The van der Waals surface area contributed by atoms with Crippen LogP contribution in [0.25, 0.3) is 10.9 Å². The van der Waals surface area contributed by atoms with Crippen LogP contribution in [0.2, 0.25) is 0 Å². The van der Waals surface area contributed by atoms with Crippen molar-refractivity contribution in [2.45, 2.75) is 0 Å². The largest absolute Gasteiger partial charge is 0.497 e. The number of ether oxygens (including phenoxy) is 2. The number of hydrogen-bond acceptors (Lipinski definition) is 5. The molecule has 6 nitrogen and oxygen atoms in total. The minimum absolute atomic E-state index is 0.000294. The lowest BCUT2D eigenvalue weighted by Gasteiger charge is -2.07. The first kappa shape index (κ1) is 16.4. The van der Waals surface area contributed by atoms with Crippen LogP contribution < -0.4 is 10.2 Å². The summed E-state index contributed by atoms with van der Waals surface area (Å²) in [5, 5.41) is 0.252. The van der Waals surface area contributed by atoms with Gasteiger partial charge in [0.25, 0.3) is 0 Å². The molecule has 0 saturated heterocycles. The zero-order valence-electron chi connectivity index (χ0n) is 13.7. The van der Waals surface area contributed by atoms with E-state index in [4.69, 9.17) is 9.47 Å². The molecule has 3 aromatic rings. The Hall–Kier alpha value is -3.41. The number of methoxy groups -OCH3 is 2. The SMILES string of the molecule is COC(=O)c1cccc2c(=O)c(C(=O)c3ccc(OC)cc3)c[nH]c12. The number of nitrogens with one attached hydrogen (secondary N) is 1. The van der Waals surface area contributed by atoms with Crippen molar-refractivity contribution in [3.63, 3.8) is 0 Å². The third kappa shape index (κ3) is 2.89. The van der Waals surface area contributed by atoms with Gasteiger partial charge in [0, 0.05) is 17.1 Å². The van der Waals surface area contributed by atoms with Crippen LogP contribution in [-0.2, 0) is 4.74 Å². The Balaban J connectivity index is 2.11. The highest BCUT2D eigenvalue weighted by Gasteiger charge is 2.18. The average Bonchev–Trinajstić information content (AvgIpc) is 2.67. The van der Waals surface area contributed by atoms with Crippen LogP contribution in [0.4, 0.5) is 0 Å². The van der Waals surface area contributed by atoms with E-state index in [1.165, 1.54) is 20.4 Å². The maximum absolute atomic E-state index is 12.7. The monoisotopic (exact) mass is 337 g/mol. The third-order valence-corrected chi connectivity index (χ3v) is 3.92. The van der Waals surface area contributed by atoms with Crippen LogP contribution in [0.1, 0.15) is 26.3 Å². The topological polar surface area (TPSA) is 85.5 Å². The maximum atomic E-state index is 12.7. The van der Waals surface area contributed by atoms with Crippen LogP contribution in [-0.4, -0.2) is 31.0 Å². The lowest BCUT2D eigenvalue weighted by Crippen LogP contribution is -2.18. The van der Waals surface area contributed by atoms with Crippen molar-refractivity contribution in [2.24, 2.45) is 0 Å². The van der Waals surface area contributed by atoms with Crippen molar-refractivity contribution in [3.8, 4) is 5.75 Å². The number of esters is 1. The second-order valence-corrected chi connectivity index (χ2v) is 5.31. The number of pyridine rings is 1. The first-order valence-electron chi connectivity index (χ1n) is 7.48. The normalized spacial score (nSPS) is 10.5. The number of aromatic nitrogens is 1.